The summed E-state index contributed by atoms with van der Waals surface area (Å²) >= 11 is 0. The van der Waals surface area contributed by atoms with Crippen LogP contribution in [0, 0.1) is 5.92 Å². The highest BCUT2D eigenvalue weighted by molar-refractivity contribution is 8.17. The molecule has 1 nitrogen and oxygen atoms in total. The first-order valence-electron chi connectivity index (χ1n) is 8.25. The summed E-state index contributed by atoms with van der Waals surface area (Å²) in [7, 11) is -0.565. The molecule has 22 heavy (non-hydrogen) atoms. The molecule has 1 saturated carbocycles. The maximum Gasteiger partial charge on any atom is 0.144 e. The Bertz CT molecular complexity index is 548. The van der Waals surface area contributed by atoms with E-state index in [0.717, 1.165) is 12.8 Å². The summed E-state index contributed by atoms with van der Waals surface area (Å²) in [6, 6.07) is 21.1. The van der Waals surface area contributed by atoms with Crippen LogP contribution in [0.4, 0.5) is 0 Å². The molecule has 2 aromatic rings. The lowest BCUT2D eigenvalue weighted by atomic mass is 9.87. The fourth-order valence-electron chi connectivity index (χ4n) is 3.26. The Morgan fingerprint density at radius 3 is 1.82 bits per heavy atom. The largest absolute Gasteiger partial charge is 0.299 e. The third kappa shape index (κ3) is 3.80. The van der Waals surface area contributed by atoms with Crippen molar-refractivity contribution in [1.29, 1.82) is 0 Å². The third-order valence-electron chi connectivity index (χ3n) is 4.51. The van der Waals surface area contributed by atoms with E-state index >= 15 is 0 Å². The Morgan fingerprint density at radius 2 is 1.32 bits per heavy atom. The fourth-order valence-corrected chi connectivity index (χ4v) is 5.55. The van der Waals surface area contributed by atoms with Crippen molar-refractivity contribution < 1.29 is 4.79 Å². The summed E-state index contributed by atoms with van der Waals surface area (Å²) in [5, 5.41) is 0. The number of hydrogen-bond acceptors (Lipinski definition) is 1. The zero-order chi connectivity index (χ0) is 15.2. The smallest absolute Gasteiger partial charge is 0.144 e. The van der Waals surface area contributed by atoms with Crippen molar-refractivity contribution in [2.45, 2.75) is 41.9 Å². The van der Waals surface area contributed by atoms with Gasteiger partial charge in [-0.2, -0.15) is 10.9 Å². The molecular formula is C20H24OS. The van der Waals surface area contributed by atoms with E-state index in [2.05, 4.69) is 48.5 Å². The monoisotopic (exact) mass is 312 g/mol. The molecule has 3 rings (SSSR count). The van der Waals surface area contributed by atoms with Crippen molar-refractivity contribution in [2.24, 2.45) is 5.92 Å². The minimum absolute atomic E-state index is 0.311. The van der Waals surface area contributed by atoms with E-state index in [1.165, 1.54) is 29.1 Å². The lowest BCUT2D eigenvalue weighted by Crippen LogP contribution is -2.21. The number of carbonyl (C=O) groups excluding carboxylic acids is 1. The zero-order valence-corrected chi connectivity index (χ0v) is 13.8. The van der Waals surface area contributed by atoms with Crippen molar-refractivity contribution in [2.75, 3.05) is 5.75 Å². The van der Waals surface area contributed by atoms with E-state index in [4.69, 9.17) is 0 Å². The summed E-state index contributed by atoms with van der Waals surface area (Å²) in [6.07, 6.45) is 5.96. The summed E-state index contributed by atoms with van der Waals surface area (Å²) in [6.45, 7) is 0. The second-order valence-corrected chi connectivity index (χ2v) is 8.26. The van der Waals surface area contributed by atoms with E-state index in [1.807, 2.05) is 12.1 Å². The molecular weight excluding hydrogens is 288 g/mol. The Kier molecular flexibility index (Phi) is 5.33. The molecule has 0 aliphatic heterocycles. The quantitative estimate of drug-likeness (QED) is 0.746. The normalized spacial score (nSPS) is 16.3. The van der Waals surface area contributed by atoms with Gasteiger partial charge in [-0.25, -0.2) is 0 Å². The first kappa shape index (κ1) is 15.4. The highest BCUT2D eigenvalue weighted by atomic mass is 32.2. The van der Waals surface area contributed by atoms with Crippen LogP contribution >= 0.6 is 10.9 Å². The molecule has 0 heterocycles. The average Bonchev–Trinajstić information content (AvgIpc) is 2.62. The SMILES string of the molecule is O=C(C[SH](c1ccccc1)c1ccccc1)C1CCCCC1. The molecule has 0 aromatic heterocycles. The van der Waals surface area contributed by atoms with Crippen LogP contribution in [-0.4, -0.2) is 11.5 Å². The molecule has 0 bridgehead atoms. The van der Waals surface area contributed by atoms with Gasteiger partial charge in [-0.1, -0.05) is 55.7 Å². The van der Waals surface area contributed by atoms with Crippen LogP contribution in [0.1, 0.15) is 32.1 Å². The molecule has 0 atom stereocenters. The number of Topliss-reactive ketones (excluding diaryl/α,β-unsaturated/α-hetero) is 1. The van der Waals surface area contributed by atoms with E-state index in [-0.39, 0.29) is 0 Å². The van der Waals surface area contributed by atoms with Crippen LogP contribution < -0.4 is 0 Å². The summed E-state index contributed by atoms with van der Waals surface area (Å²) in [4.78, 5) is 15.4. The molecule has 0 saturated heterocycles. The molecule has 0 radical (unpaired) electrons. The first-order chi connectivity index (χ1) is 10.8. The fraction of sp³-hybridized carbons (Fsp3) is 0.350. The van der Waals surface area contributed by atoms with Crippen molar-refractivity contribution in [3.63, 3.8) is 0 Å². The van der Waals surface area contributed by atoms with E-state index in [0.29, 0.717) is 17.5 Å². The first-order valence-corrected chi connectivity index (χ1v) is 9.77. The van der Waals surface area contributed by atoms with E-state index < -0.39 is 10.9 Å². The highest BCUT2D eigenvalue weighted by Gasteiger charge is 2.23. The van der Waals surface area contributed by atoms with Gasteiger partial charge in [0.05, 0.1) is 0 Å². The molecule has 0 spiro atoms. The van der Waals surface area contributed by atoms with E-state index in [9.17, 15) is 4.79 Å². The van der Waals surface area contributed by atoms with Gasteiger partial charge in [0.1, 0.15) is 5.78 Å². The van der Waals surface area contributed by atoms with Crippen LogP contribution in [0.15, 0.2) is 70.5 Å². The lowest BCUT2D eigenvalue weighted by molar-refractivity contribution is -0.121. The van der Waals surface area contributed by atoms with Gasteiger partial charge in [0.15, 0.2) is 0 Å². The minimum Gasteiger partial charge on any atom is -0.299 e. The number of carbonyl (C=O) groups is 1. The molecule has 2 heteroatoms. The lowest BCUT2D eigenvalue weighted by Gasteiger charge is -2.26. The van der Waals surface area contributed by atoms with Crippen molar-refractivity contribution in [1.82, 2.24) is 0 Å². The second kappa shape index (κ2) is 7.64. The minimum atomic E-state index is -0.565. The third-order valence-corrected chi connectivity index (χ3v) is 6.98. The van der Waals surface area contributed by atoms with Gasteiger partial charge in [0, 0.05) is 11.7 Å². The van der Waals surface area contributed by atoms with Gasteiger partial charge < -0.3 is 0 Å². The summed E-state index contributed by atoms with van der Waals surface area (Å²) in [5.41, 5.74) is 0. The molecule has 0 amide bonds. The predicted molar refractivity (Wildman–Crippen MR) is 94.9 cm³/mol. The zero-order valence-electron chi connectivity index (χ0n) is 12.9. The number of thiol groups is 1. The molecule has 1 aliphatic rings. The predicted octanol–water partition coefficient (Wildman–Crippen LogP) is 5.26. The van der Waals surface area contributed by atoms with Gasteiger partial charge in [0.25, 0.3) is 0 Å². The highest BCUT2D eigenvalue weighted by Crippen LogP contribution is 2.45. The van der Waals surface area contributed by atoms with Crippen LogP contribution in [0.25, 0.3) is 0 Å². The van der Waals surface area contributed by atoms with Gasteiger partial charge in [-0.15, -0.1) is 0 Å². The molecule has 0 N–H and O–H groups in total. The van der Waals surface area contributed by atoms with Crippen molar-refractivity contribution in [3.8, 4) is 0 Å². The number of hydrogen-bond donors (Lipinski definition) is 1. The molecule has 0 unspecified atom stereocenters. The molecule has 1 aliphatic carbocycles. The van der Waals surface area contributed by atoms with Gasteiger partial charge >= 0.3 is 0 Å². The average molecular weight is 312 g/mol. The van der Waals surface area contributed by atoms with Gasteiger partial charge in [0.2, 0.25) is 0 Å². The maximum absolute atomic E-state index is 12.8. The molecule has 116 valence electrons. The maximum atomic E-state index is 12.8. The second-order valence-electron chi connectivity index (χ2n) is 6.06. The van der Waals surface area contributed by atoms with Crippen LogP contribution in [0.5, 0.6) is 0 Å². The molecule has 2 aromatic carbocycles. The van der Waals surface area contributed by atoms with E-state index in [1.54, 1.807) is 0 Å². The number of ketones is 1. The van der Waals surface area contributed by atoms with Crippen LogP contribution in [0.3, 0.4) is 0 Å². The van der Waals surface area contributed by atoms with Crippen LogP contribution in [-0.2, 0) is 4.79 Å². The summed E-state index contributed by atoms with van der Waals surface area (Å²) < 4.78 is 0. The van der Waals surface area contributed by atoms with Crippen molar-refractivity contribution >= 4 is 16.7 Å². The topological polar surface area (TPSA) is 17.1 Å². The summed E-state index contributed by atoms with van der Waals surface area (Å²) in [5.74, 6) is 1.50. The Labute approximate surface area is 136 Å². The van der Waals surface area contributed by atoms with Crippen molar-refractivity contribution in [3.05, 3.63) is 60.7 Å². The standard InChI is InChI=1S/C20H24OS/c21-20(17-10-4-1-5-11-17)16-22(18-12-6-2-7-13-18)19-14-8-3-9-15-19/h2-3,6-9,12-15,17,22H,1,4-5,10-11,16H2. The van der Waals surface area contributed by atoms with Gasteiger partial charge in [-0.05, 0) is 46.9 Å². The number of benzene rings is 2. The Hall–Kier alpha value is -1.54. The molecule has 1 fully saturated rings. The number of rotatable bonds is 5. The Morgan fingerprint density at radius 1 is 0.818 bits per heavy atom. The Balaban J connectivity index is 1.81. The van der Waals surface area contributed by atoms with Gasteiger partial charge in [-0.3, -0.25) is 4.79 Å². The van der Waals surface area contributed by atoms with Crippen LogP contribution in [0.2, 0.25) is 0 Å².